The lowest BCUT2D eigenvalue weighted by molar-refractivity contribution is -0.126. The minimum atomic E-state index is -0.00523. The molecule has 1 amide bonds. The Kier molecular flexibility index (Phi) is 4.47. The molecule has 0 N–H and O–H groups in total. The Morgan fingerprint density at radius 3 is 3.22 bits per heavy atom. The number of hydrogen-bond donors (Lipinski definition) is 0. The third kappa shape index (κ3) is 3.67. The summed E-state index contributed by atoms with van der Waals surface area (Å²) in [6.07, 6.45) is 9.13. The van der Waals surface area contributed by atoms with Crippen LogP contribution >= 0.6 is 0 Å². The summed E-state index contributed by atoms with van der Waals surface area (Å²) in [5.41, 5.74) is 0.927. The highest BCUT2D eigenvalue weighted by atomic mass is 16.5. The fourth-order valence-electron chi connectivity index (χ4n) is 1.95. The molecule has 2 heterocycles. The Balaban J connectivity index is 1.85. The minimum Gasteiger partial charge on any atom is -0.376 e. The van der Waals surface area contributed by atoms with Crippen LogP contribution in [0.2, 0.25) is 0 Å². The van der Waals surface area contributed by atoms with Crippen molar-refractivity contribution in [3.8, 4) is 0 Å². The molecule has 96 valence electrons. The molecule has 4 heteroatoms. The van der Waals surface area contributed by atoms with E-state index in [4.69, 9.17) is 4.74 Å². The Morgan fingerprint density at radius 2 is 2.56 bits per heavy atom. The van der Waals surface area contributed by atoms with Gasteiger partial charge in [-0.3, -0.25) is 9.78 Å². The van der Waals surface area contributed by atoms with Gasteiger partial charge in [0.25, 0.3) is 0 Å². The predicted octanol–water partition coefficient (Wildman–Crippen LogP) is 1.73. The number of hydrogen-bond acceptors (Lipinski definition) is 3. The molecular formula is C14H18N2O2. The summed E-state index contributed by atoms with van der Waals surface area (Å²) in [7, 11) is 1.80. The van der Waals surface area contributed by atoms with E-state index in [0.29, 0.717) is 6.54 Å². The second kappa shape index (κ2) is 6.31. The van der Waals surface area contributed by atoms with Crippen LogP contribution in [0.3, 0.4) is 0 Å². The van der Waals surface area contributed by atoms with Crippen molar-refractivity contribution in [2.24, 2.45) is 0 Å². The molecule has 4 nitrogen and oxygen atoms in total. The Hall–Kier alpha value is -1.68. The average Bonchev–Trinajstić information content (AvgIpc) is 2.90. The van der Waals surface area contributed by atoms with Crippen LogP contribution in [0.4, 0.5) is 0 Å². The van der Waals surface area contributed by atoms with E-state index in [0.717, 1.165) is 25.0 Å². The highest BCUT2D eigenvalue weighted by Crippen LogP contribution is 2.12. The first kappa shape index (κ1) is 12.8. The van der Waals surface area contributed by atoms with Crippen LogP contribution in [0.15, 0.2) is 30.6 Å². The van der Waals surface area contributed by atoms with Crippen molar-refractivity contribution >= 4 is 12.0 Å². The first-order valence-corrected chi connectivity index (χ1v) is 6.20. The van der Waals surface area contributed by atoms with Crippen LogP contribution in [0.5, 0.6) is 0 Å². The molecule has 2 rings (SSSR count). The van der Waals surface area contributed by atoms with E-state index >= 15 is 0 Å². The Labute approximate surface area is 107 Å². The van der Waals surface area contributed by atoms with Gasteiger partial charge in [-0.1, -0.05) is 6.07 Å². The van der Waals surface area contributed by atoms with Gasteiger partial charge in [-0.05, 0) is 30.5 Å². The third-order valence-corrected chi connectivity index (χ3v) is 2.98. The molecule has 0 aliphatic carbocycles. The molecule has 1 saturated heterocycles. The summed E-state index contributed by atoms with van der Waals surface area (Å²) >= 11 is 0. The van der Waals surface area contributed by atoms with Gasteiger partial charge in [-0.15, -0.1) is 0 Å². The van der Waals surface area contributed by atoms with Gasteiger partial charge in [0.1, 0.15) is 0 Å². The van der Waals surface area contributed by atoms with E-state index in [9.17, 15) is 4.79 Å². The number of likely N-dealkylation sites (N-methyl/N-ethyl adjacent to an activating group) is 1. The highest BCUT2D eigenvalue weighted by molar-refractivity contribution is 5.91. The molecule has 0 radical (unpaired) electrons. The lowest BCUT2D eigenvalue weighted by Crippen LogP contribution is -2.32. The first-order valence-electron chi connectivity index (χ1n) is 6.20. The largest absolute Gasteiger partial charge is 0.376 e. The summed E-state index contributed by atoms with van der Waals surface area (Å²) in [6.45, 7) is 1.48. The van der Waals surface area contributed by atoms with E-state index < -0.39 is 0 Å². The van der Waals surface area contributed by atoms with Crippen molar-refractivity contribution in [2.45, 2.75) is 18.9 Å². The van der Waals surface area contributed by atoms with E-state index in [2.05, 4.69) is 4.98 Å². The lowest BCUT2D eigenvalue weighted by Gasteiger charge is -2.19. The zero-order valence-corrected chi connectivity index (χ0v) is 10.6. The number of carbonyl (C=O) groups is 1. The van der Waals surface area contributed by atoms with Crippen LogP contribution in [-0.2, 0) is 9.53 Å². The number of ether oxygens (including phenoxy) is 1. The molecule has 1 fully saturated rings. The maximum Gasteiger partial charge on any atom is 0.246 e. The predicted molar refractivity (Wildman–Crippen MR) is 69.9 cm³/mol. The molecule has 0 spiro atoms. The zero-order chi connectivity index (χ0) is 12.8. The number of aromatic nitrogens is 1. The average molecular weight is 246 g/mol. The Morgan fingerprint density at radius 1 is 1.67 bits per heavy atom. The minimum absolute atomic E-state index is 0.00523. The zero-order valence-electron chi connectivity index (χ0n) is 10.6. The summed E-state index contributed by atoms with van der Waals surface area (Å²) < 4.78 is 5.51. The summed E-state index contributed by atoms with van der Waals surface area (Å²) in [6, 6.07) is 3.76. The molecule has 0 bridgehead atoms. The van der Waals surface area contributed by atoms with E-state index in [1.165, 1.54) is 0 Å². The standard InChI is InChI=1S/C14H18N2O2/c1-16(11-13-5-3-9-18-13)14(17)7-6-12-4-2-8-15-10-12/h2,4,6-8,10,13H,3,5,9,11H2,1H3. The molecule has 1 aliphatic heterocycles. The molecule has 18 heavy (non-hydrogen) atoms. The maximum absolute atomic E-state index is 11.9. The molecule has 0 saturated carbocycles. The van der Waals surface area contributed by atoms with Gasteiger partial charge in [0, 0.05) is 38.7 Å². The number of carbonyl (C=O) groups excluding carboxylic acids is 1. The first-order chi connectivity index (χ1) is 8.75. The SMILES string of the molecule is CN(CC1CCCO1)C(=O)C=Cc1cccnc1. The summed E-state index contributed by atoms with van der Waals surface area (Å²) in [4.78, 5) is 17.6. The van der Waals surface area contributed by atoms with Crippen molar-refractivity contribution < 1.29 is 9.53 Å². The van der Waals surface area contributed by atoms with Gasteiger partial charge in [0.2, 0.25) is 5.91 Å². The molecule has 1 aromatic heterocycles. The quantitative estimate of drug-likeness (QED) is 0.760. The smallest absolute Gasteiger partial charge is 0.246 e. The second-order valence-electron chi connectivity index (χ2n) is 4.47. The van der Waals surface area contributed by atoms with E-state index in [1.807, 2.05) is 12.1 Å². The van der Waals surface area contributed by atoms with Gasteiger partial charge >= 0.3 is 0 Å². The van der Waals surface area contributed by atoms with Crippen LogP contribution < -0.4 is 0 Å². The van der Waals surface area contributed by atoms with Crippen molar-refractivity contribution in [2.75, 3.05) is 20.2 Å². The molecule has 0 aromatic carbocycles. The number of pyridine rings is 1. The fourth-order valence-corrected chi connectivity index (χ4v) is 1.95. The van der Waals surface area contributed by atoms with Crippen molar-refractivity contribution in [3.63, 3.8) is 0 Å². The number of nitrogens with zero attached hydrogens (tertiary/aromatic N) is 2. The molecule has 1 atom stereocenters. The summed E-state index contributed by atoms with van der Waals surface area (Å²) in [5.74, 6) is -0.00523. The number of rotatable bonds is 4. The molecule has 1 aliphatic rings. The maximum atomic E-state index is 11.9. The van der Waals surface area contributed by atoms with E-state index in [-0.39, 0.29) is 12.0 Å². The Bertz CT molecular complexity index is 411. The summed E-state index contributed by atoms with van der Waals surface area (Å²) in [5, 5.41) is 0. The second-order valence-corrected chi connectivity index (χ2v) is 4.47. The van der Waals surface area contributed by atoms with E-state index in [1.54, 1.807) is 36.5 Å². The molecule has 1 unspecified atom stereocenters. The van der Waals surface area contributed by atoms with Crippen LogP contribution in [-0.4, -0.2) is 42.1 Å². The van der Waals surface area contributed by atoms with Gasteiger partial charge in [0.05, 0.1) is 6.10 Å². The topological polar surface area (TPSA) is 42.4 Å². The monoisotopic (exact) mass is 246 g/mol. The van der Waals surface area contributed by atoms with Crippen molar-refractivity contribution in [3.05, 3.63) is 36.2 Å². The normalized spacial score (nSPS) is 19.3. The van der Waals surface area contributed by atoms with Crippen LogP contribution in [0.1, 0.15) is 18.4 Å². The van der Waals surface area contributed by atoms with Gasteiger partial charge in [0.15, 0.2) is 0 Å². The van der Waals surface area contributed by atoms with Crippen molar-refractivity contribution in [1.29, 1.82) is 0 Å². The third-order valence-electron chi connectivity index (χ3n) is 2.98. The van der Waals surface area contributed by atoms with Crippen LogP contribution in [0.25, 0.3) is 6.08 Å². The van der Waals surface area contributed by atoms with Gasteiger partial charge < -0.3 is 9.64 Å². The van der Waals surface area contributed by atoms with Crippen LogP contribution in [0, 0.1) is 0 Å². The number of amides is 1. The molecular weight excluding hydrogens is 228 g/mol. The van der Waals surface area contributed by atoms with Gasteiger partial charge in [-0.25, -0.2) is 0 Å². The fraction of sp³-hybridized carbons (Fsp3) is 0.429. The van der Waals surface area contributed by atoms with Crippen molar-refractivity contribution in [1.82, 2.24) is 9.88 Å². The highest BCUT2D eigenvalue weighted by Gasteiger charge is 2.18. The lowest BCUT2D eigenvalue weighted by atomic mass is 10.2. The van der Waals surface area contributed by atoms with Gasteiger partial charge in [-0.2, -0.15) is 0 Å². The molecule has 1 aromatic rings.